The van der Waals surface area contributed by atoms with E-state index in [4.69, 9.17) is 19.7 Å². The molecule has 0 aromatic carbocycles. The van der Waals surface area contributed by atoms with Crippen LogP contribution in [0.2, 0.25) is 0 Å². The van der Waals surface area contributed by atoms with Crippen LogP contribution in [0.4, 0.5) is 11.9 Å². The molecule has 0 amide bonds. The summed E-state index contributed by atoms with van der Waals surface area (Å²) in [7, 11) is 1.56. The van der Waals surface area contributed by atoms with Crippen LogP contribution in [0.25, 0.3) is 0 Å². The fourth-order valence-electron chi connectivity index (χ4n) is 11.5. The van der Waals surface area contributed by atoms with Crippen molar-refractivity contribution in [1.29, 1.82) is 0 Å². The highest BCUT2D eigenvalue weighted by molar-refractivity contribution is 5.46. The molecule has 4 aliphatic heterocycles. The smallest absolute Gasteiger partial charge is 0.322 e. The van der Waals surface area contributed by atoms with Gasteiger partial charge in [0, 0.05) is 68.5 Å². The molecule has 4 radical (unpaired) electrons. The van der Waals surface area contributed by atoms with Gasteiger partial charge in [-0.3, -0.25) is 0 Å². The fraction of sp³-hybridized carbons (Fsp3) is 0.925. The van der Waals surface area contributed by atoms with E-state index < -0.39 is 44.3 Å². The largest absolute Gasteiger partial charge is 0.467 e. The first-order chi connectivity index (χ1) is 24.3. The molecule has 0 saturated carbocycles. The number of ether oxygens (including phenoxy) is 1. The van der Waals surface area contributed by atoms with Crippen LogP contribution in [-0.2, 0) is 20.8 Å². The highest BCUT2D eigenvalue weighted by Crippen LogP contribution is 2.48. The van der Waals surface area contributed by atoms with Crippen LogP contribution in [0.1, 0.15) is 162 Å². The van der Waals surface area contributed by atoms with E-state index in [0.717, 1.165) is 0 Å². The van der Waals surface area contributed by atoms with E-state index in [0.29, 0.717) is 63.3 Å². The lowest BCUT2D eigenvalue weighted by molar-refractivity contribution is -0.294. The Morgan fingerprint density at radius 2 is 0.593 bits per heavy atom. The third kappa shape index (κ3) is 7.84. The highest BCUT2D eigenvalue weighted by atomic mass is 16.5. The van der Waals surface area contributed by atoms with Crippen LogP contribution in [0, 0.1) is 0 Å². The molecule has 0 bridgehead atoms. The van der Waals surface area contributed by atoms with Gasteiger partial charge in [0.05, 0.1) is 7.11 Å². The number of rotatable bonds is 7. The SMILES string of the molecule is COc1nc(N(C2CC(C)(C)N([O])C(C)(C)C2)C2CC(C)(C)N([O])C(C)(C)C2)nc(N(C2CC(C)(C)N([O])C(C)(C)C2)C2CC(C)(C)N([O])C(C)(C)C2)n1. The number of anilines is 2. The number of hydroxylamine groups is 8. The standard InChI is InChI=1S/C40H71N9O5/c1-33(2)18-26(19-34(3,4)46(33)50)44(27-20-35(5,6)47(51)36(7,8)21-27)30-41-31(43-32(42-30)54-17)45(28-22-37(9,10)48(52)38(11,12)23-28)29-24-39(13,14)49(53)40(15,16)25-29/h26-29H,18-25H2,1-17H3. The second kappa shape index (κ2) is 13.6. The zero-order chi connectivity index (χ0) is 41.0. The van der Waals surface area contributed by atoms with Crippen molar-refractivity contribution in [2.45, 2.75) is 231 Å². The maximum absolute atomic E-state index is 13.7. The average molecular weight is 758 g/mol. The first-order valence-corrected chi connectivity index (χ1v) is 20.0. The van der Waals surface area contributed by atoms with Crippen molar-refractivity contribution in [2.75, 3.05) is 16.9 Å². The van der Waals surface area contributed by atoms with Crippen molar-refractivity contribution >= 4 is 11.9 Å². The summed E-state index contributed by atoms with van der Waals surface area (Å²) in [6.07, 6.45) is 4.56. The number of hydrogen-bond donors (Lipinski definition) is 0. The minimum Gasteiger partial charge on any atom is -0.467 e. The van der Waals surface area contributed by atoms with Gasteiger partial charge in [-0.2, -0.15) is 15.0 Å². The summed E-state index contributed by atoms with van der Waals surface area (Å²) in [6.45, 7) is 32.0. The molecule has 4 fully saturated rings. The first kappa shape index (κ1) is 43.2. The summed E-state index contributed by atoms with van der Waals surface area (Å²) in [6, 6.07) is -0.361. The normalized spacial score (nSPS) is 29.2. The predicted molar refractivity (Wildman–Crippen MR) is 206 cm³/mol. The van der Waals surface area contributed by atoms with Gasteiger partial charge in [0.1, 0.15) is 0 Å². The molecule has 0 N–H and O–H groups in total. The molecule has 14 heteroatoms. The van der Waals surface area contributed by atoms with E-state index in [2.05, 4.69) is 9.80 Å². The molecule has 306 valence electrons. The van der Waals surface area contributed by atoms with Crippen LogP contribution < -0.4 is 14.5 Å². The van der Waals surface area contributed by atoms with Gasteiger partial charge in [0.2, 0.25) is 11.9 Å². The van der Waals surface area contributed by atoms with E-state index in [9.17, 15) is 20.8 Å². The molecule has 54 heavy (non-hydrogen) atoms. The Bertz CT molecular complexity index is 1270. The Hall–Kier alpha value is -1.91. The second-order valence-electron chi connectivity index (χ2n) is 22.2. The minimum absolute atomic E-state index is 0.133. The van der Waals surface area contributed by atoms with Gasteiger partial charge in [0.25, 0.3) is 0 Å². The minimum atomic E-state index is -0.673. The maximum atomic E-state index is 13.7. The Morgan fingerprint density at radius 3 is 0.759 bits per heavy atom. The van der Waals surface area contributed by atoms with Gasteiger partial charge in [-0.05, 0) is 162 Å². The molecule has 1 aromatic rings. The van der Waals surface area contributed by atoms with E-state index in [1.165, 1.54) is 20.3 Å². The zero-order valence-corrected chi connectivity index (χ0v) is 36.5. The lowest BCUT2D eigenvalue weighted by atomic mass is 9.74. The summed E-state index contributed by atoms with van der Waals surface area (Å²) < 4.78 is 5.89. The van der Waals surface area contributed by atoms with Crippen LogP contribution in [0.15, 0.2) is 0 Å². The molecular formula is C40H71N9O5. The van der Waals surface area contributed by atoms with Gasteiger partial charge in [-0.25, -0.2) is 0 Å². The van der Waals surface area contributed by atoms with Crippen LogP contribution in [0.5, 0.6) is 6.01 Å². The second-order valence-corrected chi connectivity index (χ2v) is 22.2. The van der Waals surface area contributed by atoms with Crippen molar-refractivity contribution in [3.8, 4) is 6.01 Å². The van der Waals surface area contributed by atoms with E-state index in [1.54, 1.807) is 7.11 Å². The molecule has 0 spiro atoms. The molecular weight excluding hydrogens is 686 g/mol. The lowest BCUT2D eigenvalue weighted by Gasteiger charge is -2.57. The molecule has 14 nitrogen and oxygen atoms in total. The molecule has 4 aliphatic rings. The van der Waals surface area contributed by atoms with Gasteiger partial charge >= 0.3 is 6.01 Å². The van der Waals surface area contributed by atoms with Gasteiger partial charge in [-0.1, -0.05) is 0 Å². The first-order valence-electron chi connectivity index (χ1n) is 20.0. The van der Waals surface area contributed by atoms with Crippen LogP contribution in [0.3, 0.4) is 0 Å². The number of nitrogens with zero attached hydrogens (tertiary/aromatic N) is 9. The highest BCUT2D eigenvalue weighted by Gasteiger charge is 2.56. The summed E-state index contributed by atoms with van der Waals surface area (Å²) in [4.78, 5) is 20.0. The zero-order valence-electron chi connectivity index (χ0n) is 36.5. The Morgan fingerprint density at radius 1 is 0.407 bits per heavy atom. The van der Waals surface area contributed by atoms with Crippen molar-refractivity contribution in [2.24, 2.45) is 0 Å². The van der Waals surface area contributed by atoms with Gasteiger partial charge < -0.3 is 14.5 Å². The van der Waals surface area contributed by atoms with Crippen molar-refractivity contribution in [3.05, 3.63) is 0 Å². The molecule has 5 rings (SSSR count). The van der Waals surface area contributed by atoms with Crippen LogP contribution >= 0.6 is 0 Å². The number of aromatic nitrogens is 3. The monoisotopic (exact) mass is 758 g/mol. The van der Waals surface area contributed by atoms with Crippen molar-refractivity contribution in [1.82, 2.24) is 35.2 Å². The third-order valence-electron chi connectivity index (χ3n) is 13.1. The van der Waals surface area contributed by atoms with Gasteiger partial charge in [0.15, 0.2) is 0 Å². The predicted octanol–water partition coefficient (Wildman–Crippen LogP) is 6.96. The summed E-state index contributed by atoms with van der Waals surface area (Å²) in [5, 5.41) is 59.7. The van der Waals surface area contributed by atoms with Gasteiger partial charge in [-0.15, -0.1) is 41.1 Å². The molecule has 0 aliphatic carbocycles. The Labute approximate surface area is 325 Å². The molecule has 4 saturated heterocycles. The Balaban J connectivity index is 1.74. The molecule has 0 atom stereocenters. The summed E-state index contributed by atoms with van der Waals surface area (Å²) in [5.74, 6) is 0.904. The molecule has 0 unspecified atom stereocenters. The molecule has 1 aromatic heterocycles. The summed E-state index contributed by atoms with van der Waals surface area (Å²) >= 11 is 0. The summed E-state index contributed by atoms with van der Waals surface area (Å²) in [5.41, 5.74) is -5.38. The number of methoxy groups -OCH3 is 1. The van der Waals surface area contributed by atoms with Crippen molar-refractivity contribution < 1.29 is 25.6 Å². The van der Waals surface area contributed by atoms with Crippen LogP contribution in [-0.4, -0.2) is 111 Å². The van der Waals surface area contributed by atoms with E-state index >= 15 is 0 Å². The lowest BCUT2D eigenvalue weighted by Crippen LogP contribution is -2.68. The fourth-order valence-corrected chi connectivity index (χ4v) is 11.5. The topological polar surface area (TPSA) is 147 Å². The van der Waals surface area contributed by atoms with Crippen molar-refractivity contribution in [3.63, 3.8) is 0 Å². The van der Waals surface area contributed by atoms with E-state index in [1.807, 2.05) is 111 Å². The number of hydrogen-bond acceptors (Lipinski definition) is 10. The third-order valence-corrected chi connectivity index (χ3v) is 13.1. The average Bonchev–Trinajstić information content (AvgIpc) is 2.99. The number of piperidine rings is 4. The Kier molecular flexibility index (Phi) is 10.9. The maximum Gasteiger partial charge on any atom is 0.322 e. The van der Waals surface area contributed by atoms with E-state index in [-0.39, 0.29) is 30.2 Å². The quantitative estimate of drug-likeness (QED) is 0.286. The molecule has 5 heterocycles.